The summed E-state index contributed by atoms with van der Waals surface area (Å²) in [7, 11) is 0. The largest absolute Gasteiger partial charge is 0.457 e. The molecular weight excluding hydrogens is 474 g/mol. The molecule has 2 aromatic rings. The lowest BCUT2D eigenvalue weighted by molar-refractivity contribution is -0.267. The molecule has 8 heteroatoms. The summed E-state index contributed by atoms with van der Waals surface area (Å²) in [4.78, 5) is 23.7. The van der Waals surface area contributed by atoms with Gasteiger partial charge in [-0.25, -0.2) is 4.79 Å². The molecule has 1 aliphatic heterocycles. The average Bonchev–Trinajstić information content (AvgIpc) is 3.20. The Kier molecular flexibility index (Phi) is 8.84. The maximum Gasteiger partial charge on any atom is 0.407 e. The number of carbonyl (C=O) groups is 2. The molecule has 8 nitrogen and oxygen atoms in total. The molecule has 2 aromatic carbocycles. The average molecular weight is 512 g/mol. The molecule has 37 heavy (non-hydrogen) atoms. The van der Waals surface area contributed by atoms with Gasteiger partial charge in [-0.05, 0) is 28.2 Å². The van der Waals surface area contributed by atoms with Crippen molar-refractivity contribution in [3.05, 3.63) is 59.7 Å². The third-order valence-electron chi connectivity index (χ3n) is 7.55. The second-order valence-electron chi connectivity index (χ2n) is 10.1. The molecule has 0 aromatic heterocycles. The Bertz CT molecular complexity index is 1040. The predicted octanol–water partition coefficient (Wildman–Crippen LogP) is 4.10. The molecule has 200 valence electrons. The van der Waals surface area contributed by atoms with Crippen LogP contribution >= 0.6 is 0 Å². The first-order valence-electron chi connectivity index (χ1n) is 12.9. The molecule has 6 atom stereocenters. The molecule has 0 saturated carbocycles. The first kappa shape index (κ1) is 27.1. The van der Waals surface area contributed by atoms with Crippen LogP contribution in [0.4, 0.5) is 4.79 Å². The summed E-state index contributed by atoms with van der Waals surface area (Å²) in [6, 6.07) is 16.4. The van der Waals surface area contributed by atoms with Gasteiger partial charge < -0.3 is 29.4 Å². The minimum atomic E-state index is -1.17. The number of fused-ring (bicyclic) bond motifs is 3. The first-order valence-corrected chi connectivity index (χ1v) is 12.9. The second-order valence-corrected chi connectivity index (χ2v) is 10.1. The Balaban J connectivity index is 1.17. The predicted molar refractivity (Wildman–Crippen MR) is 138 cm³/mol. The lowest BCUT2D eigenvalue weighted by atomic mass is 9.79. The van der Waals surface area contributed by atoms with Crippen LogP contribution in [0.5, 0.6) is 0 Å². The number of esters is 1. The quantitative estimate of drug-likeness (QED) is 0.386. The molecule has 1 aliphatic carbocycles. The number of amides is 1. The Morgan fingerprint density at radius 3 is 2.27 bits per heavy atom. The number of aliphatic hydroxyl groups is 1. The van der Waals surface area contributed by atoms with E-state index in [2.05, 4.69) is 29.6 Å². The Morgan fingerprint density at radius 1 is 1.03 bits per heavy atom. The topological polar surface area (TPSA) is 103 Å². The number of carbonyl (C=O) groups excluding carboxylic acids is 2. The van der Waals surface area contributed by atoms with Crippen molar-refractivity contribution in [2.75, 3.05) is 26.4 Å². The molecule has 0 bridgehead atoms. The minimum Gasteiger partial charge on any atom is -0.457 e. The standard InChI is InChI=1S/C29H37NO7/c1-17(26-18(2)19(3)27(28(32)37-26)36-20(4)31)15-34-14-13-30-29(33)35-16-25-23-11-7-5-9-21(23)22-10-6-8-12-24(22)25/h5-12,17-19,25-28,32H,13-16H2,1-4H3,(H,30,33)/t17-,18+,19+,26?,27?,28?/m1/s1. The molecule has 2 aliphatic rings. The van der Waals surface area contributed by atoms with E-state index in [1.807, 2.05) is 45.0 Å². The van der Waals surface area contributed by atoms with E-state index < -0.39 is 24.5 Å². The molecule has 0 radical (unpaired) electrons. The van der Waals surface area contributed by atoms with Crippen LogP contribution in [0, 0.1) is 17.8 Å². The van der Waals surface area contributed by atoms with E-state index in [9.17, 15) is 14.7 Å². The van der Waals surface area contributed by atoms with E-state index in [1.165, 1.54) is 29.2 Å². The van der Waals surface area contributed by atoms with Crippen LogP contribution in [0.1, 0.15) is 44.7 Å². The maximum absolute atomic E-state index is 12.3. The maximum atomic E-state index is 12.3. The fourth-order valence-corrected chi connectivity index (χ4v) is 5.47. The van der Waals surface area contributed by atoms with Crippen molar-refractivity contribution < 1.29 is 33.6 Å². The van der Waals surface area contributed by atoms with Crippen LogP contribution in [0.25, 0.3) is 11.1 Å². The molecule has 1 heterocycles. The highest BCUT2D eigenvalue weighted by Gasteiger charge is 2.44. The number of hydrogen-bond acceptors (Lipinski definition) is 7. The summed E-state index contributed by atoms with van der Waals surface area (Å²) >= 11 is 0. The highest BCUT2D eigenvalue weighted by atomic mass is 16.7. The van der Waals surface area contributed by atoms with Gasteiger partial charge in [0, 0.05) is 31.2 Å². The molecule has 0 spiro atoms. The summed E-state index contributed by atoms with van der Waals surface area (Å²) in [5.41, 5.74) is 4.72. The van der Waals surface area contributed by atoms with E-state index in [1.54, 1.807) is 0 Å². The summed E-state index contributed by atoms with van der Waals surface area (Å²) in [5, 5.41) is 13.1. The third kappa shape index (κ3) is 6.14. The van der Waals surface area contributed by atoms with Gasteiger partial charge in [-0.2, -0.15) is 0 Å². The minimum absolute atomic E-state index is 0.000155. The van der Waals surface area contributed by atoms with Gasteiger partial charge in [0.05, 0.1) is 19.3 Å². The molecule has 1 amide bonds. The van der Waals surface area contributed by atoms with E-state index in [4.69, 9.17) is 18.9 Å². The number of ether oxygens (including phenoxy) is 4. The monoisotopic (exact) mass is 511 g/mol. The van der Waals surface area contributed by atoms with Crippen LogP contribution < -0.4 is 5.32 Å². The van der Waals surface area contributed by atoms with Gasteiger partial charge >= 0.3 is 12.1 Å². The van der Waals surface area contributed by atoms with Crippen molar-refractivity contribution in [2.45, 2.75) is 52.1 Å². The zero-order chi connectivity index (χ0) is 26.5. The fraction of sp³-hybridized carbons (Fsp3) is 0.517. The summed E-state index contributed by atoms with van der Waals surface area (Å²) in [6.45, 7) is 8.59. The fourth-order valence-electron chi connectivity index (χ4n) is 5.47. The van der Waals surface area contributed by atoms with Gasteiger partial charge in [-0.3, -0.25) is 4.79 Å². The number of nitrogens with one attached hydrogen (secondary N) is 1. The van der Waals surface area contributed by atoms with E-state index in [-0.39, 0.29) is 36.4 Å². The smallest absolute Gasteiger partial charge is 0.407 e. The Morgan fingerprint density at radius 2 is 1.65 bits per heavy atom. The lowest BCUT2D eigenvalue weighted by Gasteiger charge is -2.44. The van der Waals surface area contributed by atoms with Crippen molar-refractivity contribution in [3.63, 3.8) is 0 Å². The third-order valence-corrected chi connectivity index (χ3v) is 7.55. The van der Waals surface area contributed by atoms with Crippen molar-refractivity contribution in [1.29, 1.82) is 0 Å². The van der Waals surface area contributed by atoms with Gasteiger partial charge in [0.15, 0.2) is 12.4 Å². The van der Waals surface area contributed by atoms with Crippen molar-refractivity contribution in [1.82, 2.24) is 5.32 Å². The van der Waals surface area contributed by atoms with Gasteiger partial charge in [0.2, 0.25) is 0 Å². The number of rotatable bonds is 9. The van der Waals surface area contributed by atoms with Gasteiger partial charge in [0.25, 0.3) is 0 Å². The van der Waals surface area contributed by atoms with E-state index in [0.717, 1.165) is 0 Å². The van der Waals surface area contributed by atoms with Crippen molar-refractivity contribution in [2.24, 2.45) is 17.8 Å². The molecular formula is C29H37NO7. The molecule has 1 saturated heterocycles. The first-order chi connectivity index (χ1) is 17.8. The molecule has 1 fully saturated rings. The highest BCUT2D eigenvalue weighted by molar-refractivity contribution is 5.79. The van der Waals surface area contributed by atoms with E-state index >= 15 is 0 Å². The van der Waals surface area contributed by atoms with Gasteiger partial charge in [-0.1, -0.05) is 69.3 Å². The van der Waals surface area contributed by atoms with E-state index in [0.29, 0.717) is 19.8 Å². The van der Waals surface area contributed by atoms with Crippen LogP contribution in [-0.4, -0.2) is 62.0 Å². The summed E-state index contributed by atoms with van der Waals surface area (Å²) in [6.07, 6.45) is -2.57. The second kappa shape index (κ2) is 12.1. The van der Waals surface area contributed by atoms with Crippen LogP contribution in [0.15, 0.2) is 48.5 Å². The number of benzene rings is 2. The Labute approximate surface area is 218 Å². The molecule has 3 unspecified atom stereocenters. The zero-order valence-electron chi connectivity index (χ0n) is 21.9. The van der Waals surface area contributed by atoms with Gasteiger partial charge in [-0.15, -0.1) is 0 Å². The number of alkyl carbamates (subject to hydrolysis) is 1. The normalized spacial score (nSPS) is 25.6. The summed E-state index contributed by atoms with van der Waals surface area (Å²) in [5.74, 6) is -0.420. The molecule has 4 rings (SSSR count). The SMILES string of the molecule is CC(=O)OC1C(O)OC([C@H](C)COCCNC(=O)OCC2c3ccccc3-c3ccccc32)[C@@H](C)[C@@H]1C. The highest BCUT2D eigenvalue weighted by Crippen LogP contribution is 2.44. The van der Waals surface area contributed by atoms with Gasteiger partial charge in [0.1, 0.15) is 6.61 Å². The lowest BCUT2D eigenvalue weighted by Crippen LogP contribution is -2.53. The number of hydrogen-bond donors (Lipinski definition) is 2. The van der Waals surface area contributed by atoms with Crippen LogP contribution in [0.2, 0.25) is 0 Å². The Hall–Kier alpha value is -2.94. The van der Waals surface area contributed by atoms with Crippen molar-refractivity contribution in [3.8, 4) is 11.1 Å². The van der Waals surface area contributed by atoms with Crippen LogP contribution in [0.3, 0.4) is 0 Å². The van der Waals surface area contributed by atoms with Crippen LogP contribution in [-0.2, 0) is 23.7 Å². The zero-order valence-corrected chi connectivity index (χ0v) is 21.9. The molecule has 2 N–H and O–H groups in total. The van der Waals surface area contributed by atoms with Crippen molar-refractivity contribution >= 4 is 12.1 Å². The summed E-state index contributed by atoms with van der Waals surface area (Å²) < 4.78 is 22.3. The number of aliphatic hydroxyl groups excluding tert-OH is 1.